The van der Waals surface area contributed by atoms with Crippen molar-refractivity contribution in [2.24, 2.45) is 5.73 Å². The molecule has 5 nitrogen and oxygen atoms in total. The van der Waals surface area contributed by atoms with Gasteiger partial charge < -0.3 is 24.9 Å². The van der Waals surface area contributed by atoms with E-state index < -0.39 is 18.8 Å². The second-order valence-electron chi connectivity index (χ2n) is 4.97. The van der Waals surface area contributed by atoms with Crippen LogP contribution in [0.4, 0.5) is 0 Å². The first-order valence-corrected chi connectivity index (χ1v) is 6.54. The fourth-order valence-electron chi connectivity index (χ4n) is 2.63. The minimum Gasteiger partial charge on any atom is -0.497 e. The van der Waals surface area contributed by atoms with Crippen LogP contribution >= 0.6 is 11.6 Å². The molecule has 0 fully saturated rings. The third-order valence-electron chi connectivity index (χ3n) is 3.76. The predicted octanol–water partition coefficient (Wildman–Crippen LogP) is 0.486. The molecule has 0 radical (unpaired) electrons. The molecule has 0 aromatic carbocycles. The summed E-state index contributed by atoms with van der Waals surface area (Å²) >= 11 is 6.34. The van der Waals surface area contributed by atoms with Crippen LogP contribution in [0.1, 0.15) is 6.92 Å². The summed E-state index contributed by atoms with van der Waals surface area (Å²) in [5, 5.41) is 10.2. The van der Waals surface area contributed by atoms with Gasteiger partial charge in [0.05, 0.1) is 29.6 Å². The molecule has 102 valence electrons. The zero-order valence-corrected chi connectivity index (χ0v) is 11.3. The third kappa shape index (κ3) is 1.87. The fourth-order valence-corrected chi connectivity index (χ4v) is 2.93. The summed E-state index contributed by atoms with van der Waals surface area (Å²) in [4.78, 5) is 0. The molecule has 0 saturated heterocycles. The van der Waals surface area contributed by atoms with Gasteiger partial charge in [-0.2, -0.15) is 0 Å². The lowest BCUT2D eigenvalue weighted by atomic mass is 9.70. The Morgan fingerprint density at radius 1 is 1.63 bits per heavy atom. The summed E-state index contributed by atoms with van der Waals surface area (Å²) in [7, 11) is -0.551. The number of aliphatic hydroxyl groups excluding tert-OH is 1. The molecule has 0 bridgehead atoms. The quantitative estimate of drug-likeness (QED) is 0.721. The minimum atomic E-state index is -0.808. The molecule has 19 heavy (non-hydrogen) atoms. The average Bonchev–Trinajstić information content (AvgIpc) is 2.58. The Kier molecular flexibility index (Phi) is 3.23. The second kappa shape index (κ2) is 4.65. The Labute approximate surface area is 116 Å². The standard InChI is InChI=1S/C12H15BClNO4/c1-12(6-16)8-5-17-3-2-7-10(8)13(19-12)18-9(4-15)11(7)14/h2-3,9,16H,4-6,15H2,1H3/t9?,12-/m0/s1. The van der Waals surface area contributed by atoms with Crippen LogP contribution in [0, 0.1) is 0 Å². The van der Waals surface area contributed by atoms with Gasteiger partial charge in [0.15, 0.2) is 0 Å². The Hall–Kier alpha value is -0.785. The molecule has 3 aliphatic rings. The van der Waals surface area contributed by atoms with Crippen LogP contribution in [0.3, 0.4) is 0 Å². The number of hydrogen-bond donors (Lipinski definition) is 2. The first-order valence-electron chi connectivity index (χ1n) is 6.16. The predicted molar refractivity (Wildman–Crippen MR) is 71.3 cm³/mol. The van der Waals surface area contributed by atoms with Crippen molar-refractivity contribution in [3.05, 3.63) is 34.0 Å². The number of nitrogens with two attached hydrogens (primary N) is 1. The smallest absolute Gasteiger partial charge is 0.495 e. The zero-order valence-electron chi connectivity index (χ0n) is 10.6. The molecular formula is C12H15BClNO4. The van der Waals surface area contributed by atoms with Gasteiger partial charge in [-0.1, -0.05) is 11.6 Å². The first-order chi connectivity index (χ1) is 9.10. The van der Waals surface area contributed by atoms with E-state index in [1.54, 1.807) is 12.3 Å². The van der Waals surface area contributed by atoms with Crippen molar-refractivity contribution in [2.75, 3.05) is 19.8 Å². The van der Waals surface area contributed by atoms with E-state index in [-0.39, 0.29) is 13.2 Å². The largest absolute Gasteiger partial charge is 0.497 e. The zero-order chi connectivity index (χ0) is 13.6. The molecule has 2 atom stereocenters. The topological polar surface area (TPSA) is 73.9 Å². The van der Waals surface area contributed by atoms with Gasteiger partial charge >= 0.3 is 7.12 Å². The van der Waals surface area contributed by atoms with Crippen molar-refractivity contribution >= 4 is 18.7 Å². The number of hydrogen-bond acceptors (Lipinski definition) is 5. The minimum absolute atomic E-state index is 0.146. The highest BCUT2D eigenvalue weighted by Gasteiger charge is 2.52. The van der Waals surface area contributed by atoms with E-state index in [2.05, 4.69) is 0 Å². The summed E-state index contributed by atoms with van der Waals surface area (Å²) in [6.45, 7) is 2.29. The molecule has 3 aliphatic heterocycles. The van der Waals surface area contributed by atoms with Crippen LogP contribution in [0.15, 0.2) is 34.0 Å². The van der Waals surface area contributed by atoms with Crippen LogP contribution in [0.2, 0.25) is 0 Å². The Balaban J connectivity index is 2.16. The SMILES string of the molecule is C[C@@]1(CO)OB2OC(CN)C(Cl)=C3C=COCC1=C23. The number of rotatable bonds is 2. The normalized spacial score (nSPS) is 33.5. The van der Waals surface area contributed by atoms with Crippen molar-refractivity contribution in [1.29, 1.82) is 0 Å². The van der Waals surface area contributed by atoms with Crippen LogP contribution in [0.25, 0.3) is 0 Å². The van der Waals surface area contributed by atoms with Crippen molar-refractivity contribution in [3.8, 4) is 0 Å². The van der Waals surface area contributed by atoms with E-state index in [1.165, 1.54) is 0 Å². The highest BCUT2D eigenvalue weighted by molar-refractivity contribution is 6.58. The van der Waals surface area contributed by atoms with Gasteiger partial charge in [0.25, 0.3) is 0 Å². The van der Waals surface area contributed by atoms with Crippen LogP contribution < -0.4 is 5.73 Å². The molecule has 3 heterocycles. The molecule has 0 amide bonds. The number of allylic oxidation sites excluding steroid dienone is 3. The maximum absolute atomic E-state index is 9.60. The molecule has 0 spiro atoms. The second-order valence-corrected chi connectivity index (χ2v) is 5.37. The van der Waals surface area contributed by atoms with Crippen LogP contribution in [0.5, 0.6) is 0 Å². The third-order valence-corrected chi connectivity index (χ3v) is 4.21. The highest BCUT2D eigenvalue weighted by atomic mass is 35.5. The molecule has 3 rings (SSSR count). The van der Waals surface area contributed by atoms with E-state index in [1.807, 2.05) is 6.92 Å². The molecular weight excluding hydrogens is 268 g/mol. The van der Waals surface area contributed by atoms with E-state index in [9.17, 15) is 5.11 Å². The van der Waals surface area contributed by atoms with Gasteiger partial charge in [-0.25, -0.2) is 0 Å². The molecule has 7 heteroatoms. The lowest BCUT2D eigenvalue weighted by Gasteiger charge is -2.29. The maximum atomic E-state index is 9.60. The molecule has 0 aromatic rings. The van der Waals surface area contributed by atoms with Crippen molar-refractivity contribution in [1.82, 2.24) is 0 Å². The summed E-state index contributed by atoms with van der Waals surface area (Å²) in [6.07, 6.45) is 3.01. The summed E-state index contributed by atoms with van der Waals surface area (Å²) < 4.78 is 17.0. The van der Waals surface area contributed by atoms with Gasteiger partial charge in [-0.15, -0.1) is 0 Å². The lowest BCUT2D eigenvalue weighted by Crippen LogP contribution is -2.41. The number of aliphatic hydroxyl groups is 1. The van der Waals surface area contributed by atoms with Crippen LogP contribution in [-0.4, -0.2) is 43.7 Å². The van der Waals surface area contributed by atoms with Gasteiger partial charge in [0.1, 0.15) is 6.61 Å². The van der Waals surface area contributed by atoms with Crippen molar-refractivity contribution in [3.63, 3.8) is 0 Å². The van der Waals surface area contributed by atoms with Crippen molar-refractivity contribution < 1.29 is 19.2 Å². The number of halogens is 1. The summed E-state index contributed by atoms with van der Waals surface area (Å²) in [5.41, 5.74) is 7.42. The molecule has 3 N–H and O–H groups in total. The van der Waals surface area contributed by atoms with E-state index in [0.717, 1.165) is 16.6 Å². The summed E-state index contributed by atoms with van der Waals surface area (Å²) in [6, 6.07) is 0. The molecule has 1 unspecified atom stereocenters. The molecule has 0 saturated carbocycles. The van der Waals surface area contributed by atoms with Crippen molar-refractivity contribution in [2.45, 2.75) is 18.6 Å². The van der Waals surface area contributed by atoms with Gasteiger partial charge in [0, 0.05) is 6.54 Å². The fraction of sp³-hybridized carbons (Fsp3) is 0.500. The van der Waals surface area contributed by atoms with Gasteiger partial charge in [-0.3, -0.25) is 0 Å². The van der Waals surface area contributed by atoms with Gasteiger partial charge in [-0.05, 0) is 29.6 Å². The van der Waals surface area contributed by atoms with E-state index in [4.69, 9.17) is 31.4 Å². The maximum Gasteiger partial charge on any atom is 0.495 e. The van der Waals surface area contributed by atoms with E-state index in [0.29, 0.717) is 11.6 Å². The van der Waals surface area contributed by atoms with Gasteiger partial charge in [0.2, 0.25) is 0 Å². The molecule has 0 aliphatic carbocycles. The Bertz CT molecular complexity index is 504. The summed E-state index contributed by atoms with van der Waals surface area (Å²) in [5.74, 6) is 0. The lowest BCUT2D eigenvalue weighted by molar-refractivity contribution is 0.0295. The first kappa shape index (κ1) is 13.2. The number of ether oxygens (including phenoxy) is 1. The molecule has 0 aromatic heterocycles. The highest BCUT2D eigenvalue weighted by Crippen LogP contribution is 2.44. The Morgan fingerprint density at radius 3 is 3.11 bits per heavy atom. The average molecular weight is 284 g/mol. The Morgan fingerprint density at radius 2 is 2.42 bits per heavy atom. The van der Waals surface area contributed by atoms with Crippen LogP contribution in [-0.2, 0) is 14.0 Å². The van der Waals surface area contributed by atoms with E-state index >= 15 is 0 Å². The monoisotopic (exact) mass is 283 g/mol.